The number of nitrogens with one attached hydrogen (secondary N) is 1. The standard InChI is InChI=1S/C22H29BrClFN2O2/c1-4-27(5-2)11-7-10-26-14-16-12-18(23)22(21(13-16)28-3)29-15-17-19(24)8-6-9-20(17)25/h6,8-9,12-13,26H,4-5,7,10-11,14-15H2,1-3H3. The van der Waals surface area contributed by atoms with E-state index < -0.39 is 5.82 Å². The number of hydrogen-bond donors (Lipinski definition) is 1. The van der Waals surface area contributed by atoms with Gasteiger partial charge in [0.2, 0.25) is 0 Å². The first-order chi connectivity index (χ1) is 14.0. The second-order valence-electron chi connectivity index (χ2n) is 6.66. The third-order valence-electron chi connectivity index (χ3n) is 4.76. The van der Waals surface area contributed by atoms with Gasteiger partial charge in [0, 0.05) is 12.1 Å². The highest BCUT2D eigenvalue weighted by Crippen LogP contribution is 2.37. The fourth-order valence-electron chi connectivity index (χ4n) is 3.03. The van der Waals surface area contributed by atoms with Gasteiger partial charge < -0.3 is 19.7 Å². The lowest BCUT2D eigenvalue weighted by molar-refractivity contribution is 0.277. The van der Waals surface area contributed by atoms with Crippen LogP contribution in [-0.4, -0.2) is 38.2 Å². The van der Waals surface area contributed by atoms with Crippen LogP contribution in [0.5, 0.6) is 11.5 Å². The fourth-order valence-corrected chi connectivity index (χ4v) is 3.85. The van der Waals surface area contributed by atoms with Gasteiger partial charge in [0.15, 0.2) is 11.5 Å². The smallest absolute Gasteiger partial charge is 0.175 e. The third kappa shape index (κ3) is 7.14. The monoisotopic (exact) mass is 486 g/mol. The molecule has 2 rings (SSSR count). The van der Waals surface area contributed by atoms with E-state index in [-0.39, 0.29) is 6.61 Å². The molecule has 0 aliphatic carbocycles. The summed E-state index contributed by atoms with van der Waals surface area (Å²) in [6, 6.07) is 8.50. The molecule has 29 heavy (non-hydrogen) atoms. The molecule has 0 atom stereocenters. The summed E-state index contributed by atoms with van der Waals surface area (Å²) in [6.45, 7) is 9.32. The Labute approximate surface area is 186 Å². The van der Waals surface area contributed by atoms with E-state index in [9.17, 15) is 4.39 Å². The number of methoxy groups -OCH3 is 1. The molecule has 0 saturated carbocycles. The van der Waals surface area contributed by atoms with Crippen molar-refractivity contribution in [1.29, 1.82) is 0 Å². The Bertz CT molecular complexity index is 767. The highest BCUT2D eigenvalue weighted by atomic mass is 79.9. The van der Waals surface area contributed by atoms with Gasteiger partial charge in [0.25, 0.3) is 0 Å². The number of halogens is 3. The molecular formula is C22H29BrClFN2O2. The summed E-state index contributed by atoms with van der Waals surface area (Å²) < 4.78 is 26.1. The van der Waals surface area contributed by atoms with Gasteiger partial charge >= 0.3 is 0 Å². The number of hydrogen-bond acceptors (Lipinski definition) is 4. The second-order valence-corrected chi connectivity index (χ2v) is 7.92. The molecule has 0 heterocycles. The van der Waals surface area contributed by atoms with E-state index in [1.54, 1.807) is 19.2 Å². The minimum atomic E-state index is -0.391. The van der Waals surface area contributed by atoms with Crippen molar-refractivity contribution >= 4 is 27.5 Å². The van der Waals surface area contributed by atoms with E-state index in [0.29, 0.717) is 22.1 Å². The summed E-state index contributed by atoms with van der Waals surface area (Å²) in [5, 5.41) is 3.80. The van der Waals surface area contributed by atoms with Gasteiger partial charge in [-0.15, -0.1) is 0 Å². The molecule has 7 heteroatoms. The van der Waals surface area contributed by atoms with Crippen LogP contribution in [0.25, 0.3) is 0 Å². The molecule has 0 spiro atoms. The first-order valence-corrected chi connectivity index (χ1v) is 11.0. The van der Waals surface area contributed by atoms with E-state index in [0.717, 1.165) is 49.2 Å². The largest absolute Gasteiger partial charge is 0.493 e. The topological polar surface area (TPSA) is 33.7 Å². The van der Waals surface area contributed by atoms with Gasteiger partial charge in [0.05, 0.1) is 16.6 Å². The molecule has 2 aromatic rings. The summed E-state index contributed by atoms with van der Waals surface area (Å²) >= 11 is 9.62. The highest BCUT2D eigenvalue weighted by molar-refractivity contribution is 9.10. The SMILES string of the molecule is CCN(CC)CCCNCc1cc(Br)c(OCc2c(F)cccc2Cl)c(OC)c1. The van der Waals surface area contributed by atoms with E-state index >= 15 is 0 Å². The summed E-state index contributed by atoms with van der Waals surface area (Å²) in [7, 11) is 1.59. The van der Waals surface area contributed by atoms with Gasteiger partial charge in [0.1, 0.15) is 12.4 Å². The Hall–Kier alpha value is -1.34. The molecule has 160 valence electrons. The Morgan fingerprint density at radius 3 is 2.62 bits per heavy atom. The second kappa shape index (κ2) is 12.4. The van der Waals surface area contributed by atoms with Crippen molar-refractivity contribution in [2.24, 2.45) is 0 Å². The first-order valence-electron chi connectivity index (χ1n) is 9.85. The van der Waals surface area contributed by atoms with Crippen LogP contribution in [0.3, 0.4) is 0 Å². The van der Waals surface area contributed by atoms with Crippen LogP contribution in [0.15, 0.2) is 34.8 Å². The summed E-state index contributed by atoms with van der Waals surface area (Å²) in [6.07, 6.45) is 1.10. The van der Waals surface area contributed by atoms with Crippen LogP contribution < -0.4 is 14.8 Å². The fraction of sp³-hybridized carbons (Fsp3) is 0.455. The van der Waals surface area contributed by atoms with Crippen LogP contribution in [0, 0.1) is 5.82 Å². The van der Waals surface area contributed by atoms with Gasteiger partial charge in [-0.25, -0.2) is 4.39 Å². The Balaban J connectivity index is 1.96. The zero-order valence-electron chi connectivity index (χ0n) is 17.2. The van der Waals surface area contributed by atoms with Crippen LogP contribution in [0.4, 0.5) is 4.39 Å². The van der Waals surface area contributed by atoms with Gasteiger partial charge in [-0.3, -0.25) is 0 Å². The van der Waals surface area contributed by atoms with Crippen molar-refractivity contribution in [2.45, 2.75) is 33.4 Å². The molecular weight excluding hydrogens is 459 g/mol. The lowest BCUT2D eigenvalue weighted by atomic mass is 10.2. The highest BCUT2D eigenvalue weighted by Gasteiger charge is 2.14. The molecule has 2 aromatic carbocycles. The Kier molecular flexibility index (Phi) is 10.2. The zero-order chi connectivity index (χ0) is 21.2. The first kappa shape index (κ1) is 23.9. The molecule has 4 nitrogen and oxygen atoms in total. The van der Waals surface area contributed by atoms with Crippen LogP contribution >= 0.6 is 27.5 Å². The van der Waals surface area contributed by atoms with Crippen molar-refractivity contribution in [2.75, 3.05) is 33.3 Å². The van der Waals surface area contributed by atoms with Gasteiger partial charge in [-0.2, -0.15) is 0 Å². The van der Waals surface area contributed by atoms with E-state index in [1.165, 1.54) is 6.07 Å². The molecule has 0 saturated heterocycles. The average molecular weight is 488 g/mol. The van der Waals surface area contributed by atoms with Crippen LogP contribution in [-0.2, 0) is 13.2 Å². The summed E-state index contributed by atoms with van der Waals surface area (Å²) in [4.78, 5) is 2.41. The molecule has 0 fully saturated rings. The van der Waals surface area contributed by atoms with Crippen molar-refractivity contribution in [3.05, 3.63) is 56.8 Å². The predicted molar refractivity (Wildman–Crippen MR) is 121 cm³/mol. The number of rotatable bonds is 12. The summed E-state index contributed by atoms with van der Waals surface area (Å²) in [5.74, 6) is 0.724. The van der Waals surface area contributed by atoms with Crippen molar-refractivity contribution in [1.82, 2.24) is 10.2 Å². The Morgan fingerprint density at radius 2 is 1.97 bits per heavy atom. The van der Waals surface area contributed by atoms with Crippen LogP contribution in [0.2, 0.25) is 5.02 Å². The van der Waals surface area contributed by atoms with Crippen molar-refractivity contribution < 1.29 is 13.9 Å². The normalized spacial score (nSPS) is 11.1. The summed E-state index contributed by atoms with van der Waals surface area (Å²) in [5.41, 5.74) is 1.40. The van der Waals surface area contributed by atoms with Crippen LogP contribution in [0.1, 0.15) is 31.4 Å². The molecule has 0 unspecified atom stereocenters. The lowest BCUT2D eigenvalue weighted by Crippen LogP contribution is -2.27. The van der Waals surface area contributed by atoms with Crippen molar-refractivity contribution in [3.8, 4) is 11.5 Å². The lowest BCUT2D eigenvalue weighted by Gasteiger charge is -2.18. The maximum atomic E-state index is 14.0. The predicted octanol–water partition coefficient (Wildman–Crippen LogP) is 5.65. The van der Waals surface area contributed by atoms with E-state index in [4.69, 9.17) is 21.1 Å². The van der Waals surface area contributed by atoms with E-state index in [2.05, 4.69) is 40.0 Å². The molecule has 0 amide bonds. The van der Waals surface area contributed by atoms with E-state index in [1.807, 2.05) is 12.1 Å². The number of ether oxygens (including phenoxy) is 2. The maximum Gasteiger partial charge on any atom is 0.175 e. The number of benzene rings is 2. The minimum Gasteiger partial charge on any atom is -0.493 e. The van der Waals surface area contributed by atoms with Crippen molar-refractivity contribution in [3.63, 3.8) is 0 Å². The molecule has 0 aliphatic heterocycles. The molecule has 1 N–H and O–H groups in total. The van der Waals surface area contributed by atoms with Gasteiger partial charge in [-0.05, 0) is 78.4 Å². The Morgan fingerprint density at radius 1 is 1.21 bits per heavy atom. The quantitative estimate of drug-likeness (QED) is 0.392. The van der Waals surface area contributed by atoms with Gasteiger partial charge in [-0.1, -0.05) is 31.5 Å². The molecule has 0 aromatic heterocycles. The average Bonchev–Trinajstić information content (AvgIpc) is 2.71. The minimum absolute atomic E-state index is 0.0173. The molecule has 0 radical (unpaired) electrons. The maximum absolute atomic E-state index is 14.0. The molecule has 0 aliphatic rings. The third-order valence-corrected chi connectivity index (χ3v) is 5.71. The zero-order valence-corrected chi connectivity index (χ0v) is 19.6. The number of nitrogens with zero attached hydrogens (tertiary/aromatic N) is 1. The molecule has 0 bridgehead atoms.